The van der Waals surface area contributed by atoms with Crippen LogP contribution >= 0.6 is 0 Å². The SMILES string of the molecule is Cn1cccc1C(=O)Cn1nc2cnccn2c1=O. The number of carbonyl (C=O) groups is 1. The van der Waals surface area contributed by atoms with Crippen molar-refractivity contribution < 1.29 is 4.79 Å². The van der Waals surface area contributed by atoms with E-state index in [0.29, 0.717) is 11.3 Å². The molecule has 0 fully saturated rings. The lowest BCUT2D eigenvalue weighted by Gasteiger charge is -2.01. The first-order valence-electron chi connectivity index (χ1n) is 5.70. The van der Waals surface area contributed by atoms with Gasteiger partial charge in [0.25, 0.3) is 0 Å². The first kappa shape index (κ1) is 11.4. The van der Waals surface area contributed by atoms with Crippen LogP contribution in [0, 0.1) is 0 Å². The molecule has 0 amide bonds. The zero-order chi connectivity index (χ0) is 13.4. The Bertz CT molecular complexity index is 811. The zero-order valence-corrected chi connectivity index (χ0v) is 10.2. The van der Waals surface area contributed by atoms with Crippen molar-refractivity contribution in [2.75, 3.05) is 0 Å². The molecule has 0 aromatic carbocycles. The minimum Gasteiger partial charge on any atom is -0.348 e. The maximum atomic E-state index is 12.1. The number of Topliss-reactive ketones (excluding diaryl/α,β-unsaturated/α-hetero) is 1. The smallest absolute Gasteiger partial charge is 0.348 e. The van der Waals surface area contributed by atoms with Crippen LogP contribution in [0.5, 0.6) is 0 Å². The van der Waals surface area contributed by atoms with Crippen LogP contribution in [-0.2, 0) is 13.6 Å². The summed E-state index contributed by atoms with van der Waals surface area (Å²) in [5, 5.41) is 4.07. The van der Waals surface area contributed by atoms with Gasteiger partial charge in [-0.15, -0.1) is 5.10 Å². The van der Waals surface area contributed by atoms with E-state index in [9.17, 15) is 9.59 Å². The maximum Gasteiger partial charge on any atom is 0.350 e. The average molecular weight is 257 g/mol. The molecule has 0 N–H and O–H groups in total. The van der Waals surface area contributed by atoms with Crippen molar-refractivity contribution in [2.24, 2.45) is 7.05 Å². The Morgan fingerprint density at radius 3 is 2.89 bits per heavy atom. The van der Waals surface area contributed by atoms with E-state index in [1.165, 1.54) is 23.0 Å². The van der Waals surface area contributed by atoms with Crippen LogP contribution in [0.4, 0.5) is 0 Å². The van der Waals surface area contributed by atoms with Gasteiger partial charge in [-0.2, -0.15) is 0 Å². The molecule has 0 aliphatic heterocycles. The lowest BCUT2D eigenvalue weighted by atomic mass is 10.3. The van der Waals surface area contributed by atoms with Gasteiger partial charge in [0.05, 0.1) is 11.9 Å². The molecule has 7 heteroatoms. The second kappa shape index (κ2) is 4.20. The monoisotopic (exact) mass is 257 g/mol. The summed E-state index contributed by atoms with van der Waals surface area (Å²) >= 11 is 0. The molecule has 0 saturated heterocycles. The molecule has 0 aliphatic rings. The number of ketones is 1. The Labute approximate surface area is 107 Å². The normalized spacial score (nSPS) is 11.0. The first-order valence-corrected chi connectivity index (χ1v) is 5.70. The Morgan fingerprint density at radius 2 is 2.21 bits per heavy atom. The molecular formula is C12H11N5O2. The molecule has 96 valence electrons. The lowest BCUT2D eigenvalue weighted by molar-refractivity contribution is 0.0958. The Hall–Kier alpha value is -2.70. The molecule has 3 aromatic rings. The Kier molecular flexibility index (Phi) is 2.52. The minimum atomic E-state index is -0.347. The summed E-state index contributed by atoms with van der Waals surface area (Å²) in [6, 6.07) is 3.49. The number of hydrogen-bond donors (Lipinski definition) is 0. The first-order chi connectivity index (χ1) is 9.16. The third-order valence-electron chi connectivity index (χ3n) is 2.91. The van der Waals surface area contributed by atoms with Crippen molar-refractivity contribution in [2.45, 2.75) is 6.54 Å². The van der Waals surface area contributed by atoms with Crippen molar-refractivity contribution in [1.29, 1.82) is 0 Å². The molecule has 0 unspecified atom stereocenters. The molecule has 0 radical (unpaired) electrons. The molecule has 19 heavy (non-hydrogen) atoms. The van der Waals surface area contributed by atoms with Gasteiger partial charge < -0.3 is 4.57 Å². The third-order valence-corrected chi connectivity index (χ3v) is 2.91. The van der Waals surface area contributed by atoms with E-state index in [1.807, 2.05) is 0 Å². The number of aromatic nitrogens is 5. The predicted molar refractivity (Wildman–Crippen MR) is 67.0 cm³/mol. The van der Waals surface area contributed by atoms with E-state index < -0.39 is 0 Å². The second-order valence-electron chi connectivity index (χ2n) is 4.17. The van der Waals surface area contributed by atoms with Gasteiger partial charge in [-0.25, -0.2) is 13.9 Å². The molecule has 3 rings (SSSR count). The highest BCUT2D eigenvalue weighted by Gasteiger charge is 2.13. The van der Waals surface area contributed by atoms with Crippen LogP contribution in [0.25, 0.3) is 5.65 Å². The fraction of sp³-hybridized carbons (Fsp3) is 0.167. The van der Waals surface area contributed by atoms with E-state index in [1.54, 1.807) is 29.9 Å². The largest absolute Gasteiger partial charge is 0.350 e. The topological polar surface area (TPSA) is 74.2 Å². The van der Waals surface area contributed by atoms with Crippen molar-refractivity contribution in [3.8, 4) is 0 Å². The van der Waals surface area contributed by atoms with Crippen LogP contribution in [-0.4, -0.2) is 29.5 Å². The van der Waals surface area contributed by atoms with Gasteiger partial charge >= 0.3 is 5.69 Å². The van der Waals surface area contributed by atoms with E-state index in [2.05, 4.69) is 10.1 Å². The maximum absolute atomic E-state index is 12.1. The van der Waals surface area contributed by atoms with E-state index >= 15 is 0 Å². The molecule has 0 atom stereocenters. The van der Waals surface area contributed by atoms with Crippen LogP contribution < -0.4 is 5.69 Å². The van der Waals surface area contributed by atoms with Crippen LogP contribution in [0.1, 0.15) is 10.5 Å². The number of hydrogen-bond acceptors (Lipinski definition) is 4. The fourth-order valence-corrected chi connectivity index (χ4v) is 1.95. The van der Waals surface area contributed by atoms with E-state index in [0.717, 1.165) is 4.68 Å². The zero-order valence-electron chi connectivity index (χ0n) is 10.2. The van der Waals surface area contributed by atoms with E-state index in [4.69, 9.17) is 0 Å². The number of aryl methyl sites for hydroxylation is 1. The van der Waals surface area contributed by atoms with Gasteiger partial charge in [0.15, 0.2) is 5.65 Å². The summed E-state index contributed by atoms with van der Waals surface area (Å²) in [7, 11) is 1.78. The highest BCUT2D eigenvalue weighted by Crippen LogP contribution is 2.02. The standard InChI is InChI=1S/C12H11N5O2/c1-15-5-2-3-9(15)10(18)8-17-12(19)16-6-4-13-7-11(16)14-17/h2-7H,8H2,1H3. The van der Waals surface area contributed by atoms with Gasteiger partial charge in [-0.05, 0) is 12.1 Å². The van der Waals surface area contributed by atoms with Crippen molar-refractivity contribution in [3.63, 3.8) is 0 Å². The number of carbonyl (C=O) groups excluding carboxylic acids is 1. The molecular weight excluding hydrogens is 246 g/mol. The van der Waals surface area contributed by atoms with Gasteiger partial charge in [0.2, 0.25) is 5.78 Å². The highest BCUT2D eigenvalue weighted by atomic mass is 16.2. The molecule has 0 spiro atoms. The van der Waals surface area contributed by atoms with Gasteiger partial charge in [-0.3, -0.25) is 9.78 Å². The lowest BCUT2D eigenvalue weighted by Crippen LogP contribution is -2.25. The van der Waals surface area contributed by atoms with Gasteiger partial charge in [-0.1, -0.05) is 0 Å². The van der Waals surface area contributed by atoms with Gasteiger partial charge in [0.1, 0.15) is 6.54 Å². The number of fused-ring (bicyclic) bond motifs is 1. The summed E-state index contributed by atoms with van der Waals surface area (Å²) in [6.45, 7) is -0.0850. The minimum absolute atomic E-state index is 0.0850. The van der Waals surface area contributed by atoms with Crippen molar-refractivity contribution in [3.05, 3.63) is 53.1 Å². The third kappa shape index (κ3) is 1.85. The molecule has 0 saturated carbocycles. The summed E-state index contributed by atoms with van der Waals surface area (Å²) in [5.74, 6) is -0.161. The molecule has 3 heterocycles. The van der Waals surface area contributed by atoms with Crippen LogP contribution in [0.15, 0.2) is 41.7 Å². The summed E-state index contributed by atoms with van der Waals surface area (Å²) in [6.07, 6.45) is 6.28. The summed E-state index contributed by atoms with van der Waals surface area (Å²) < 4.78 is 4.21. The predicted octanol–water partition coefficient (Wildman–Crippen LogP) is 0.112. The Balaban J connectivity index is 1.98. The Morgan fingerprint density at radius 1 is 1.37 bits per heavy atom. The molecule has 7 nitrogen and oxygen atoms in total. The molecule has 3 aromatic heterocycles. The summed E-state index contributed by atoms with van der Waals surface area (Å²) in [5.41, 5.74) is 0.620. The van der Waals surface area contributed by atoms with Crippen LogP contribution in [0.2, 0.25) is 0 Å². The molecule has 0 aliphatic carbocycles. The quantitative estimate of drug-likeness (QED) is 0.624. The number of nitrogens with zero attached hydrogens (tertiary/aromatic N) is 5. The fourth-order valence-electron chi connectivity index (χ4n) is 1.95. The molecule has 0 bridgehead atoms. The van der Waals surface area contributed by atoms with Gasteiger partial charge in [0, 0.05) is 25.6 Å². The average Bonchev–Trinajstić information content (AvgIpc) is 2.95. The highest BCUT2D eigenvalue weighted by molar-refractivity contribution is 5.94. The van der Waals surface area contributed by atoms with Crippen LogP contribution in [0.3, 0.4) is 0 Å². The van der Waals surface area contributed by atoms with Crippen molar-refractivity contribution in [1.82, 2.24) is 23.7 Å². The second-order valence-corrected chi connectivity index (χ2v) is 4.17. The summed E-state index contributed by atoms with van der Waals surface area (Å²) in [4.78, 5) is 28.0. The number of rotatable bonds is 3. The van der Waals surface area contributed by atoms with Crippen molar-refractivity contribution >= 4 is 11.4 Å². The van der Waals surface area contributed by atoms with E-state index in [-0.39, 0.29) is 18.0 Å².